The molecule has 1 fully saturated rings. The molecule has 3 aromatic rings. The quantitative estimate of drug-likeness (QED) is 0.115. The van der Waals surface area contributed by atoms with Gasteiger partial charge in [0, 0.05) is 6.54 Å². The van der Waals surface area contributed by atoms with E-state index in [1.165, 1.54) is 12.1 Å². The first-order valence-electron chi connectivity index (χ1n) is 13.1. The van der Waals surface area contributed by atoms with Crippen LogP contribution in [-0.2, 0) is 26.3 Å². The molecule has 218 valence electrons. The molecule has 1 aliphatic rings. The highest BCUT2D eigenvalue weighted by molar-refractivity contribution is 7.85. The summed E-state index contributed by atoms with van der Waals surface area (Å²) in [6.45, 7) is 2.58. The van der Waals surface area contributed by atoms with Gasteiger partial charge in [0.2, 0.25) is 0 Å². The zero-order chi connectivity index (χ0) is 29.8. The second-order valence-corrected chi connectivity index (χ2v) is 11.2. The zero-order valence-corrected chi connectivity index (χ0v) is 23.6. The van der Waals surface area contributed by atoms with Crippen LogP contribution < -0.4 is 16.2 Å². The maximum atomic E-state index is 12.7. The standard InChI is InChI=1S/C23H27N3O4.C7H8O3S/c24-23(25)26-14-16-10-12-18(13-11-16)21(27)30-20-9-5-4-8-19(20)22(28)29-15-17-6-2-1-3-7-17;1-6-2-4-7(5-3-6)11(8,9)10/h1-9,16,18H,10-15H2,(H4,24,25,26);2-5H,1H3,(H,8,9,10). The second kappa shape index (κ2) is 15.0. The normalized spacial score (nSPS) is 16.4. The van der Waals surface area contributed by atoms with Gasteiger partial charge in [-0.25, -0.2) is 4.79 Å². The number of carbonyl (C=O) groups is 2. The van der Waals surface area contributed by atoms with Crippen molar-refractivity contribution in [3.05, 3.63) is 95.6 Å². The van der Waals surface area contributed by atoms with E-state index in [1.54, 1.807) is 36.4 Å². The van der Waals surface area contributed by atoms with Crippen LogP contribution in [0.5, 0.6) is 5.75 Å². The minimum absolute atomic E-state index is 0.0666. The average Bonchev–Trinajstić information content (AvgIpc) is 2.96. The van der Waals surface area contributed by atoms with Gasteiger partial charge in [0.1, 0.15) is 17.9 Å². The molecule has 0 aliphatic heterocycles. The number of hydrogen-bond acceptors (Lipinski definition) is 7. The van der Waals surface area contributed by atoms with Gasteiger partial charge in [0.05, 0.1) is 10.8 Å². The molecule has 10 nitrogen and oxygen atoms in total. The summed E-state index contributed by atoms with van der Waals surface area (Å²) in [7, 11) is -4.02. The van der Waals surface area contributed by atoms with E-state index in [4.69, 9.17) is 25.5 Å². The summed E-state index contributed by atoms with van der Waals surface area (Å²) in [5, 5.41) is 0. The van der Waals surface area contributed by atoms with Crippen LogP contribution in [0.25, 0.3) is 0 Å². The summed E-state index contributed by atoms with van der Waals surface area (Å²) in [5.74, 6) is -0.359. The summed E-state index contributed by atoms with van der Waals surface area (Å²) >= 11 is 0. The number of rotatable bonds is 8. The Morgan fingerprint density at radius 2 is 1.51 bits per heavy atom. The SMILES string of the molecule is Cc1ccc(S(=O)(=O)O)cc1.NC(N)=NCC1CCC(C(=O)Oc2ccccc2C(=O)OCc2ccccc2)CC1. The minimum Gasteiger partial charge on any atom is -0.457 e. The molecule has 0 amide bonds. The second-order valence-electron chi connectivity index (χ2n) is 9.75. The molecule has 3 aromatic carbocycles. The Kier molecular flexibility index (Phi) is 11.4. The van der Waals surface area contributed by atoms with Crippen molar-refractivity contribution in [3.63, 3.8) is 0 Å². The maximum Gasteiger partial charge on any atom is 0.342 e. The van der Waals surface area contributed by atoms with E-state index in [9.17, 15) is 18.0 Å². The first-order chi connectivity index (χ1) is 19.5. The van der Waals surface area contributed by atoms with Crippen molar-refractivity contribution in [2.24, 2.45) is 28.3 Å². The molecule has 0 bridgehead atoms. The number of esters is 2. The third-order valence-electron chi connectivity index (χ3n) is 6.56. The van der Waals surface area contributed by atoms with Crippen LogP contribution in [0, 0.1) is 18.8 Å². The Bertz CT molecular complexity index is 1430. The van der Waals surface area contributed by atoms with Crippen molar-refractivity contribution in [1.82, 2.24) is 0 Å². The number of para-hydroxylation sites is 1. The van der Waals surface area contributed by atoms with Crippen LogP contribution in [0.4, 0.5) is 0 Å². The monoisotopic (exact) mass is 581 g/mol. The van der Waals surface area contributed by atoms with Crippen molar-refractivity contribution < 1.29 is 32.0 Å². The average molecular weight is 582 g/mol. The summed E-state index contributed by atoms with van der Waals surface area (Å²) in [6, 6.07) is 22.1. The lowest BCUT2D eigenvalue weighted by atomic mass is 9.82. The number of nitrogens with zero attached hydrogens (tertiary/aromatic N) is 1. The number of aryl methyl sites for hydroxylation is 1. The van der Waals surface area contributed by atoms with E-state index in [0.717, 1.165) is 24.0 Å². The van der Waals surface area contributed by atoms with Crippen LogP contribution in [0.2, 0.25) is 0 Å². The Labute approximate surface area is 240 Å². The molecule has 0 heterocycles. The number of guanidine groups is 1. The number of benzene rings is 3. The van der Waals surface area contributed by atoms with Gasteiger partial charge in [-0.2, -0.15) is 8.42 Å². The summed E-state index contributed by atoms with van der Waals surface area (Å²) in [5.41, 5.74) is 12.8. The van der Waals surface area contributed by atoms with Gasteiger partial charge in [-0.1, -0.05) is 60.2 Å². The van der Waals surface area contributed by atoms with Crippen LogP contribution in [-0.4, -0.2) is 37.4 Å². The van der Waals surface area contributed by atoms with Gasteiger partial charge in [-0.15, -0.1) is 0 Å². The fraction of sp³-hybridized carbons (Fsp3) is 0.300. The lowest BCUT2D eigenvalue weighted by molar-refractivity contribution is -0.140. The van der Waals surface area contributed by atoms with Gasteiger partial charge in [-0.05, 0) is 68.4 Å². The highest BCUT2D eigenvalue weighted by Gasteiger charge is 2.28. The molecule has 0 aromatic heterocycles. The topological polar surface area (TPSA) is 171 Å². The highest BCUT2D eigenvalue weighted by atomic mass is 32.2. The van der Waals surface area contributed by atoms with E-state index in [2.05, 4.69) is 4.99 Å². The van der Waals surface area contributed by atoms with Crippen molar-refractivity contribution >= 4 is 28.0 Å². The lowest BCUT2D eigenvalue weighted by Crippen LogP contribution is -2.28. The van der Waals surface area contributed by atoms with Crippen molar-refractivity contribution in [1.29, 1.82) is 0 Å². The number of hydrogen-bond donors (Lipinski definition) is 3. The molecular formula is C30H35N3O7S. The van der Waals surface area contributed by atoms with E-state index >= 15 is 0 Å². The molecular weight excluding hydrogens is 546 g/mol. The molecule has 0 radical (unpaired) electrons. The van der Waals surface area contributed by atoms with Crippen LogP contribution in [0.1, 0.15) is 47.2 Å². The van der Waals surface area contributed by atoms with E-state index in [0.29, 0.717) is 25.3 Å². The molecule has 4 rings (SSSR count). The number of nitrogens with two attached hydrogens (primary N) is 2. The van der Waals surface area contributed by atoms with Gasteiger partial charge >= 0.3 is 11.9 Å². The molecule has 1 saturated carbocycles. The molecule has 11 heteroatoms. The molecule has 0 atom stereocenters. The Hall–Kier alpha value is -4.22. The van der Waals surface area contributed by atoms with Crippen LogP contribution in [0.3, 0.4) is 0 Å². The third kappa shape index (κ3) is 10.4. The Morgan fingerprint density at radius 3 is 2.12 bits per heavy atom. The van der Waals surface area contributed by atoms with Crippen LogP contribution in [0.15, 0.2) is 88.8 Å². The molecule has 5 N–H and O–H groups in total. The molecule has 0 unspecified atom stereocenters. The highest BCUT2D eigenvalue weighted by Crippen LogP contribution is 2.31. The third-order valence-corrected chi connectivity index (χ3v) is 7.43. The van der Waals surface area contributed by atoms with Gasteiger partial charge in [-0.3, -0.25) is 14.3 Å². The van der Waals surface area contributed by atoms with Gasteiger partial charge < -0.3 is 20.9 Å². The molecule has 1 aliphatic carbocycles. The summed E-state index contributed by atoms with van der Waals surface area (Å²) < 4.78 is 40.5. The van der Waals surface area contributed by atoms with E-state index in [1.807, 2.05) is 37.3 Å². The van der Waals surface area contributed by atoms with E-state index < -0.39 is 16.1 Å². The Morgan fingerprint density at radius 1 is 0.902 bits per heavy atom. The van der Waals surface area contributed by atoms with E-state index in [-0.39, 0.29) is 40.7 Å². The zero-order valence-electron chi connectivity index (χ0n) is 22.8. The maximum absolute atomic E-state index is 12.7. The van der Waals surface area contributed by atoms with Gasteiger partial charge in [0.25, 0.3) is 10.1 Å². The summed E-state index contributed by atoms with van der Waals surface area (Å²) in [4.78, 5) is 29.2. The fourth-order valence-corrected chi connectivity index (χ4v) is 4.72. The molecule has 41 heavy (non-hydrogen) atoms. The van der Waals surface area contributed by atoms with Crippen molar-refractivity contribution in [2.75, 3.05) is 6.54 Å². The molecule has 0 saturated heterocycles. The first-order valence-corrected chi connectivity index (χ1v) is 14.6. The van der Waals surface area contributed by atoms with Crippen molar-refractivity contribution in [3.8, 4) is 5.75 Å². The fourth-order valence-electron chi connectivity index (χ4n) is 4.24. The Balaban J connectivity index is 0.000000352. The first kappa shape index (κ1) is 31.3. The lowest BCUT2D eigenvalue weighted by Gasteiger charge is -2.26. The smallest absolute Gasteiger partial charge is 0.342 e. The predicted molar refractivity (Wildman–Crippen MR) is 155 cm³/mol. The number of carbonyl (C=O) groups excluding carboxylic acids is 2. The number of ether oxygens (including phenoxy) is 2. The number of aliphatic imine (C=N–C) groups is 1. The minimum atomic E-state index is -4.02. The van der Waals surface area contributed by atoms with Gasteiger partial charge in [0.15, 0.2) is 5.96 Å². The summed E-state index contributed by atoms with van der Waals surface area (Å²) in [6.07, 6.45) is 3.14. The van der Waals surface area contributed by atoms with Crippen molar-refractivity contribution in [2.45, 2.75) is 44.1 Å². The molecule has 0 spiro atoms. The predicted octanol–water partition coefficient (Wildman–Crippen LogP) is 4.27. The largest absolute Gasteiger partial charge is 0.457 e. The van der Waals surface area contributed by atoms with Crippen LogP contribution >= 0.6 is 0 Å².